The summed E-state index contributed by atoms with van der Waals surface area (Å²) in [6.07, 6.45) is 6.62. The van der Waals surface area contributed by atoms with E-state index in [-0.39, 0.29) is 43.8 Å². The van der Waals surface area contributed by atoms with Gasteiger partial charge in [0.05, 0.1) is 17.1 Å². The standard InChI is InChI=1S/C35H63N7O6S2.C3H8.C2H6.H2S/c1-13-20-49-23(5)40(12)50-48-41(15-3)22-27(34(6,7)8)38-33(47)39-29(35(9,10)11)32(46)42(16-4)26(14-2)31(45)37-25(28(43)30(36)44)21-24-18-17-19-24;1-3-2;1-2;/h13,20,24-27,29H,5,14-19,21-22H2,1-4,6-12H3,(H2,36,44)(H,37,45)(H2,38,39,47);3H2,1-2H3;1-2H3;1H2/b20-13-;;;. The van der Waals surface area contributed by atoms with E-state index >= 15 is 0 Å². The topological polar surface area (TPSA) is 166 Å². The Labute approximate surface area is 356 Å². The van der Waals surface area contributed by atoms with E-state index < -0.39 is 53.1 Å². The second-order valence-corrected chi connectivity index (χ2v) is 17.3. The number of rotatable bonds is 21. The minimum absolute atomic E-state index is 0. The maximum absolute atomic E-state index is 14.2. The molecule has 13 nitrogen and oxygen atoms in total. The van der Waals surface area contributed by atoms with Gasteiger partial charge < -0.3 is 26.6 Å². The number of carbonyl (C=O) groups is 5. The minimum atomic E-state index is -1.10. The van der Waals surface area contributed by atoms with Gasteiger partial charge in [0, 0.05) is 26.7 Å². The SMILES string of the molecule is C=C(S/C=C\C)N(C)SON(CC)CC(NC(=O)NC(C(=O)N(CC)C(CC)C(=O)NC(CC1CCC1)C(=O)C(N)=O)C(C)(C)C)C(C)(C)C.CC.CCC.S. The molecule has 4 unspecified atom stereocenters. The number of likely N-dealkylation sites (N-methyl/N-ethyl adjacent to an activating group) is 2. The molecule has 1 fully saturated rings. The lowest BCUT2D eigenvalue weighted by molar-refractivity contribution is -0.145. The van der Waals surface area contributed by atoms with E-state index in [0.29, 0.717) is 19.5 Å². The van der Waals surface area contributed by atoms with Crippen LogP contribution in [0.2, 0.25) is 0 Å². The zero-order chi connectivity index (χ0) is 43.1. The minimum Gasteiger partial charge on any atom is -0.363 e. The lowest BCUT2D eigenvalue weighted by atomic mass is 9.80. The Hall–Kier alpha value is -2.40. The number of primary amides is 1. The van der Waals surface area contributed by atoms with Crippen molar-refractivity contribution in [3.8, 4) is 0 Å². The van der Waals surface area contributed by atoms with Gasteiger partial charge in [-0.1, -0.05) is 133 Å². The van der Waals surface area contributed by atoms with E-state index in [1.54, 1.807) is 18.9 Å². The number of hydrogen-bond donors (Lipinski definition) is 4. The maximum Gasteiger partial charge on any atom is 0.315 e. The predicted molar refractivity (Wildman–Crippen MR) is 241 cm³/mol. The summed E-state index contributed by atoms with van der Waals surface area (Å²) in [5.74, 6) is -2.71. The monoisotopic (exact) mass is 850 g/mol. The number of hydroxylamine groups is 2. The Balaban J connectivity index is -0.00000445. The van der Waals surface area contributed by atoms with Crippen LogP contribution in [0.25, 0.3) is 0 Å². The second-order valence-electron chi connectivity index (χ2n) is 15.5. The normalized spacial score (nSPS) is 14.9. The Morgan fingerprint density at radius 1 is 0.929 bits per heavy atom. The number of carbonyl (C=O) groups excluding carboxylic acids is 5. The fourth-order valence-electron chi connectivity index (χ4n) is 5.27. The Bertz CT molecular complexity index is 1220. The summed E-state index contributed by atoms with van der Waals surface area (Å²) < 4.78 is 7.80. The van der Waals surface area contributed by atoms with Crippen LogP contribution in [0.5, 0.6) is 0 Å². The summed E-state index contributed by atoms with van der Waals surface area (Å²) in [4.78, 5) is 67.3. The van der Waals surface area contributed by atoms with E-state index in [9.17, 15) is 24.0 Å². The van der Waals surface area contributed by atoms with Gasteiger partial charge in [-0.15, -0.1) is 0 Å². The molecule has 0 heterocycles. The second kappa shape index (κ2) is 29.8. The van der Waals surface area contributed by atoms with E-state index in [0.717, 1.165) is 36.5 Å². The van der Waals surface area contributed by atoms with Crippen molar-refractivity contribution in [1.82, 2.24) is 30.2 Å². The molecule has 1 aliphatic carbocycles. The fraction of sp³-hybridized carbons (Fsp3) is 0.775. The number of nitrogens with two attached hydrogens (primary N) is 1. The van der Waals surface area contributed by atoms with Gasteiger partial charge in [0.1, 0.15) is 24.3 Å². The third-order valence-electron chi connectivity index (χ3n) is 8.78. The van der Waals surface area contributed by atoms with E-state index in [2.05, 4.69) is 36.4 Å². The van der Waals surface area contributed by atoms with Crippen LogP contribution < -0.4 is 21.7 Å². The van der Waals surface area contributed by atoms with Crippen LogP contribution in [-0.4, -0.2) is 94.7 Å². The van der Waals surface area contributed by atoms with Crippen LogP contribution in [0.1, 0.15) is 135 Å². The van der Waals surface area contributed by atoms with Crippen molar-refractivity contribution in [1.29, 1.82) is 0 Å². The smallest absolute Gasteiger partial charge is 0.315 e. The number of urea groups is 1. The van der Waals surface area contributed by atoms with Gasteiger partial charge in [0.15, 0.2) is 0 Å². The van der Waals surface area contributed by atoms with Crippen molar-refractivity contribution in [3.05, 3.63) is 23.1 Å². The van der Waals surface area contributed by atoms with E-state index in [1.165, 1.54) is 23.1 Å². The number of Topliss-reactive ketones (excluding diaryl/α,β-unsaturated/α-hetero) is 1. The van der Waals surface area contributed by atoms with Gasteiger partial charge in [0.2, 0.25) is 17.6 Å². The lowest BCUT2D eigenvalue weighted by Gasteiger charge is -2.39. The Kier molecular flexibility index (Phi) is 30.8. The van der Waals surface area contributed by atoms with Gasteiger partial charge in [0.25, 0.3) is 5.91 Å². The Morgan fingerprint density at radius 2 is 1.48 bits per heavy atom. The Morgan fingerprint density at radius 3 is 1.88 bits per heavy atom. The summed E-state index contributed by atoms with van der Waals surface area (Å²) in [5.41, 5.74) is 4.20. The highest BCUT2D eigenvalue weighted by atomic mass is 32.2. The van der Waals surface area contributed by atoms with Crippen LogP contribution >= 0.6 is 37.5 Å². The number of nitrogens with zero attached hydrogens (tertiary/aromatic N) is 3. The molecule has 1 rings (SSSR count). The number of nitrogens with one attached hydrogen (secondary N) is 3. The number of ketones is 1. The molecule has 4 atom stereocenters. The highest BCUT2D eigenvalue weighted by molar-refractivity contribution is 8.06. The molecule has 5 amide bonds. The average Bonchev–Trinajstić information content (AvgIpc) is 3.09. The molecule has 0 aromatic heterocycles. The lowest BCUT2D eigenvalue weighted by Crippen LogP contribution is -2.62. The molecule has 56 heavy (non-hydrogen) atoms. The third-order valence-corrected chi connectivity index (χ3v) is 10.6. The first kappa shape index (κ1) is 57.9. The van der Waals surface area contributed by atoms with Crippen LogP contribution in [0, 0.1) is 16.7 Å². The molecular weight excluding hydrogens is 771 g/mol. The van der Waals surface area contributed by atoms with Crippen molar-refractivity contribution in [2.24, 2.45) is 22.5 Å². The summed E-state index contributed by atoms with van der Waals surface area (Å²) >= 11 is 2.62. The summed E-state index contributed by atoms with van der Waals surface area (Å²) in [6.45, 7) is 32.4. The number of allylic oxidation sites excluding steroid dienone is 1. The number of amides is 5. The van der Waals surface area contributed by atoms with Crippen molar-refractivity contribution in [2.75, 3.05) is 26.7 Å². The first-order valence-electron chi connectivity index (χ1n) is 19.9. The summed E-state index contributed by atoms with van der Waals surface area (Å²) in [7, 11) is 1.86. The van der Waals surface area contributed by atoms with E-state index in [1.807, 2.05) is 92.1 Å². The van der Waals surface area contributed by atoms with Crippen molar-refractivity contribution in [3.63, 3.8) is 0 Å². The largest absolute Gasteiger partial charge is 0.363 e. The van der Waals surface area contributed by atoms with Crippen LogP contribution in [-0.2, 0) is 23.5 Å². The number of thioether (sulfide) groups is 1. The molecule has 328 valence electrons. The van der Waals surface area contributed by atoms with Crippen molar-refractivity contribution >= 4 is 67.0 Å². The third kappa shape index (κ3) is 21.4. The molecule has 1 aliphatic rings. The zero-order valence-corrected chi connectivity index (χ0v) is 39.9. The van der Waals surface area contributed by atoms with Gasteiger partial charge >= 0.3 is 6.03 Å². The van der Waals surface area contributed by atoms with Gasteiger partial charge in [-0.25, -0.2) is 9.08 Å². The van der Waals surface area contributed by atoms with E-state index in [4.69, 9.17) is 10.0 Å². The van der Waals surface area contributed by atoms with Gasteiger partial charge in [-0.05, 0) is 48.8 Å². The molecule has 0 aliphatic heterocycles. The highest BCUT2D eigenvalue weighted by Crippen LogP contribution is 2.31. The zero-order valence-electron chi connectivity index (χ0n) is 37.3. The summed E-state index contributed by atoms with van der Waals surface area (Å²) in [6, 6.07) is -3.89. The first-order valence-corrected chi connectivity index (χ1v) is 21.5. The van der Waals surface area contributed by atoms with Gasteiger partial charge in [-0.2, -0.15) is 18.6 Å². The number of hydrogen-bond acceptors (Lipinski definition) is 10. The van der Waals surface area contributed by atoms with Crippen molar-refractivity contribution < 1.29 is 28.3 Å². The molecular formula is C40H79N7O6S3. The van der Waals surface area contributed by atoms with Gasteiger partial charge in [-0.3, -0.25) is 23.5 Å². The van der Waals surface area contributed by atoms with Crippen molar-refractivity contribution in [2.45, 2.75) is 160 Å². The quantitative estimate of drug-likeness (QED) is 0.0393. The first-order chi connectivity index (χ1) is 25.6. The summed E-state index contributed by atoms with van der Waals surface area (Å²) in [5, 5.41) is 13.2. The molecule has 16 heteroatoms. The maximum atomic E-state index is 14.2. The highest BCUT2D eigenvalue weighted by Gasteiger charge is 2.41. The van der Waals surface area contributed by atoms with Crippen LogP contribution in [0.15, 0.2) is 23.1 Å². The molecule has 1 saturated carbocycles. The molecule has 0 aromatic carbocycles. The molecule has 0 aromatic rings. The molecule has 0 radical (unpaired) electrons. The average molecular weight is 850 g/mol. The molecule has 0 bridgehead atoms. The predicted octanol–water partition coefficient (Wildman–Crippen LogP) is 7.51. The molecule has 5 N–H and O–H groups in total. The van der Waals surface area contributed by atoms with Crippen LogP contribution in [0.3, 0.4) is 0 Å². The fourth-order valence-corrected chi connectivity index (χ4v) is 6.37. The molecule has 0 saturated heterocycles. The van der Waals surface area contributed by atoms with Crippen LogP contribution in [0.4, 0.5) is 4.79 Å². The molecule has 0 spiro atoms.